The van der Waals surface area contributed by atoms with E-state index in [2.05, 4.69) is 21.2 Å². The van der Waals surface area contributed by atoms with Crippen LogP contribution < -0.4 is 5.32 Å². The van der Waals surface area contributed by atoms with Crippen molar-refractivity contribution in [1.29, 1.82) is 0 Å². The number of alkyl halides is 1. The van der Waals surface area contributed by atoms with Gasteiger partial charge in [-0.3, -0.25) is 4.79 Å². The maximum absolute atomic E-state index is 11.7. The number of rotatable bonds is 5. The average Bonchev–Trinajstić information content (AvgIpc) is 2.26. The van der Waals surface area contributed by atoms with Crippen LogP contribution in [0, 0.1) is 5.92 Å². The van der Waals surface area contributed by atoms with Gasteiger partial charge in [-0.2, -0.15) is 0 Å². The highest BCUT2D eigenvalue weighted by molar-refractivity contribution is 9.09. The van der Waals surface area contributed by atoms with Crippen molar-refractivity contribution >= 4 is 21.8 Å². The molecule has 3 N–H and O–H groups in total. The van der Waals surface area contributed by atoms with E-state index in [1.807, 2.05) is 6.92 Å². The Kier molecular flexibility index (Phi) is 5.28. The molecule has 17 heavy (non-hydrogen) atoms. The third kappa shape index (κ3) is 4.26. The Morgan fingerprint density at radius 3 is 2.76 bits per heavy atom. The van der Waals surface area contributed by atoms with E-state index in [4.69, 9.17) is 5.11 Å². The van der Waals surface area contributed by atoms with Crippen molar-refractivity contribution < 1.29 is 15.0 Å². The molecule has 0 spiro atoms. The van der Waals surface area contributed by atoms with E-state index in [-0.39, 0.29) is 23.0 Å². The first-order chi connectivity index (χ1) is 8.04. The summed E-state index contributed by atoms with van der Waals surface area (Å²) in [6, 6.07) is 3.92. The Labute approximate surface area is 109 Å². The van der Waals surface area contributed by atoms with Crippen LogP contribution in [-0.2, 0) is 0 Å². The maximum atomic E-state index is 11.7. The number of amides is 1. The minimum Gasteiger partial charge on any atom is -0.508 e. The highest BCUT2D eigenvalue weighted by Gasteiger charge is 2.12. The summed E-state index contributed by atoms with van der Waals surface area (Å²) in [5.41, 5.74) is 0.175. The van der Waals surface area contributed by atoms with Crippen LogP contribution >= 0.6 is 15.9 Å². The summed E-state index contributed by atoms with van der Waals surface area (Å²) in [5.74, 6) is -0.233. The second-order valence-corrected chi connectivity index (χ2v) is 4.79. The third-order valence-electron chi connectivity index (χ3n) is 2.44. The molecule has 1 atom stereocenters. The number of hydrogen-bond donors (Lipinski definition) is 3. The van der Waals surface area contributed by atoms with Crippen molar-refractivity contribution in [3.8, 4) is 11.5 Å². The third-order valence-corrected chi connectivity index (χ3v) is 2.90. The molecular weight excluding hydrogens is 286 g/mol. The predicted molar refractivity (Wildman–Crippen MR) is 69.7 cm³/mol. The van der Waals surface area contributed by atoms with Crippen LogP contribution in [0.15, 0.2) is 18.2 Å². The minimum absolute atomic E-state index is 0.0632. The van der Waals surface area contributed by atoms with E-state index in [1.165, 1.54) is 12.1 Å². The van der Waals surface area contributed by atoms with Crippen molar-refractivity contribution in [3.63, 3.8) is 0 Å². The number of carbonyl (C=O) groups excluding carboxylic acids is 1. The molecule has 0 aliphatic rings. The van der Waals surface area contributed by atoms with Gasteiger partial charge in [0, 0.05) is 17.9 Å². The van der Waals surface area contributed by atoms with Crippen molar-refractivity contribution in [3.05, 3.63) is 23.8 Å². The van der Waals surface area contributed by atoms with Gasteiger partial charge in [0.05, 0.1) is 5.56 Å². The van der Waals surface area contributed by atoms with E-state index in [0.29, 0.717) is 12.5 Å². The highest BCUT2D eigenvalue weighted by atomic mass is 79.9. The monoisotopic (exact) mass is 301 g/mol. The lowest BCUT2D eigenvalue weighted by atomic mass is 10.1. The minimum atomic E-state index is -0.330. The standard InChI is InChI=1S/C12H16BrNO3/c1-8(4-5-13)7-14-12(17)10-3-2-9(15)6-11(10)16/h2-3,6,8,15-16H,4-5,7H2,1H3,(H,14,17). The first-order valence-electron chi connectivity index (χ1n) is 5.40. The lowest BCUT2D eigenvalue weighted by molar-refractivity contribution is 0.0945. The van der Waals surface area contributed by atoms with Gasteiger partial charge < -0.3 is 15.5 Å². The Morgan fingerprint density at radius 1 is 1.47 bits per heavy atom. The lowest BCUT2D eigenvalue weighted by Gasteiger charge is -2.11. The molecule has 0 aromatic heterocycles. The molecule has 1 aromatic carbocycles. The summed E-state index contributed by atoms with van der Waals surface area (Å²) < 4.78 is 0. The van der Waals surface area contributed by atoms with Crippen LogP contribution in [0.4, 0.5) is 0 Å². The molecule has 4 nitrogen and oxygen atoms in total. The zero-order chi connectivity index (χ0) is 12.8. The highest BCUT2D eigenvalue weighted by Crippen LogP contribution is 2.22. The summed E-state index contributed by atoms with van der Waals surface area (Å²) >= 11 is 3.34. The summed E-state index contributed by atoms with van der Waals surface area (Å²) in [6.07, 6.45) is 0.974. The molecule has 1 aromatic rings. The SMILES string of the molecule is CC(CCBr)CNC(=O)c1ccc(O)cc1O. The zero-order valence-electron chi connectivity index (χ0n) is 9.61. The Hall–Kier alpha value is -1.23. The fourth-order valence-corrected chi connectivity index (χ4v) is 2.14. The van der Waals surface area contributed by atoms with Crippen molar-refractivity contribution in [2.75, 3.05) is 11.9 Å². The number of hydrogen-bond acceptors (Lipinski definition) is 3. The van der Waals surface area contributed by atoms with Crippen molar-refractivity contribution in [2.45, 2.75) is 13.3 Å². The molecule has 0 heterocycles. The number of nitrogens with one attached hydrogen (secondary N) is 1. The van der Waals surface area contributed by atoms with Crippen LogP contribution in [0.25, 0.3) is 0 Å². The second-order valence-electron chi connectivity index (χ2n) is 3.99. The van der Waals surface area contributed by atoms with Crippen LogP contribution in [0.2, 0.25) is 0 Å². The Morgan fingerprint density at radius 2 is 2.18 bits per heavy atom. The molecule has 1 rings (SSSR count). The molecule has 0 saturated heterocycles. The van der Waals surface area contributed by atoms with E-state index in [0.717, 1.165) is 17.8 Å². The fraction of sp³-hybridized carbons (Fsp3) is 0.417. The van der Waals surface area contributed by atoms with Gasteiger partial charge in [0.25, 0.3) is 5.91 Å². The number of benzene rings is 1. The molecule has 0 aliphatic carbocycles. The number of carbonyl (C=O) groups is 1. The van der Waals surface area contributed by atoms with E-state index in [1.54, 1.807) is 0 Å². The van der Waals surface area contributed by atoms with E-state index < -0.39 is 0 Å². The van der Waals surface area contributed by atoms with Gasteiger partial charge in [0.15, 0.2) is 0 Å². The number of phenolic OH excluding ortho intramolecular Hbond substituents is 2. The molecule has 0 radical (unpaired) electrons. The van der Waals surface area contributed by atoms with Crippen molar-refractivity contribution in [2.24, 2.45) is 5.92 Å². The van der Waals surface area contributed by atoms with E-state index in [9.17, 15) is 9.90 Å². The molecule has 0 bridgehead atoms. The molecular formula is C12H16BrNO3. The first kappa shape index (κ1) is 13.8. The molecule has 1 amide bonds. The Balaban J connectivity index is 2.58. The van der Waals surface area contributed by atoms with Crippen LogP contribution in [0.1, 0.15) is 23.7 Å². The van der Waals surface area contributed by atoms with Crippen molar-refractivity contribution in [1.82, 2.24) is 5.32 Å². The summed E-state index contributed by atoms with van der Waals surface area (Å²) in [5, 5.41) is 22.3. The van der Waals surface area contributed by atoms with Gasteiger partial charge in [-0.25, -0.2) is 0 Å². The normalized spacial score (nSPS) is 12.1. The van der Waals surface area contributed by atoms with Crippen LogP contribution in [0.3, 0.4) is 0 Å². The van der Waals surface area contributed by atoms with Gasteiger partial charge in [-0.15, -0.1) is 0 Å². The largest absolute Gasteiger partial charge is 0.508 e. The van der Waals surface area contributed by atoms with Crippen LogP contribution in [-0.4, -0.2) is 28.0 Å². The lowest BCUT2D eigenvalue weighted by Crippen LogP contribution is -2.28. The predicted octanol–water partition coefficient (Wildman–Crippen LogP) is 2.25. The Bertz CT molecular complexity index is 395. The van der Waals surface area contributed by atoms with Gasteiger partial charge >= 0.3 is 0 Å². The smallest absolute Gasteiger partial charge is 0.255 e. The number of aromatic hydroxyl groups is 2. The number of phenols is 2. The molecule has 0 fully saturated rings. The van der Waals surface area contributed by atoms with Crippen LogP contribution in [0.5, 0.6) is 11.5 Å². The second kappa shape index (κ2) is 6.49. The quantitative estimate of drug-likeness (QED) is 0.731. The van der Waals surface area contributed by atoms with Gasteiger partial charge in [-0.1, -0.05) is 22.9 Å². The first-order valence-corrected chi connectivity index (χ1v) is 6.53. The molecule has 0 saturated carbocycles. The summed E-state index contributed by atoms with van der Waals surface area (Å²) in [4.78, 5) is 11.7. The zero-order valence-corrected chi connectivity index (χ0v) is 11.2. The van der Waals surface area contributed by atoms with Gasteiger partial charge in [0.1, 0.15) is 11.5 Å². The van der Waals surface area contributed by atoms with Gasteiger partial charge in [0.2, 0.25) is 0 Å². The average molecular weight is 302 g/mol. The summed E-state index contributed by atoms with van der Waals surface area (Å²) in [6.45, 7) is 2.60. The maximum Gasteiger partial charge on any atom is 0.255 e. The fourth-order valence-electron chi connectivity index (χ4n) is 1.36. The van der Waals surface area contributed by atoms with Gasteiger partial charge in [-0.05, 0) is 24.5 Å². The summed E-state index contributed by atoms with van der Waals surface area (Å²) in [7, 11) is 0. The number of halogens is 1. The molecule has 1 unspecified atom stereocenters. The molecule has 5 heteroatoms. The van der Waals surface area contributed by atoms with E-state index >= 15 is 0 Å². The topological polar surface area (TPSA) is 69.6 Å². The molecule has 94 valence electrons. The molecule has 0 aliphatic heterocycles.